The monoisotopic (exact) mass is 287 g/mol. The van der Waals surface area contributed by atoms with Gasteiger partial charge < -0.3 is 5.73 Å². The Balaban J connectivity index is 3.10. The number of rotatable bonds is 4. The fraction of sp³-hybridized carbons (Fsp3) is 0.400. The van der Waals surface area contributed by atoms with Crippen LogP contribution < -0.4 is 5.73 Å². The maximum absolute atomic E-state index is 13.3. The van der Waals surface area contributed by atoms with E-state index in [1.54, 1.807) is 0 Å². The Morgan fingerprint density at radius 3 is 2.33 bits per heavy atom. The lowest BCUT2D eigenvalue weighted by atomic mass is 10.3. The first-order valence-corrected chi connectivity index (χ1v) is 6.11. The van der Waals surface area contributed by atoms with Crippen molar-refractivity contribution in [2.24, 2.45) is 5.73 Å². The van der Waals surface area contributed by atoms with Gasteiger partial charge in [0.25, 0.3) is 0 Å². The molecule has 0 saturated carbocycles. The van der Waals surface area contributed by atoms with Crippen LogP contribution in [0, 0.1) is 11.6 Å². The van der Waals surface area contributed by atoms with Crippen LogP contribution in [-0.4, -0.2) is 22.2 Å². The van der Waals surface area contributed by atoms with E-state index in [0.29, 0.717) is 6.07 Å². The van der Waals surface area contributed by atoms with E-state index in [4.69, 9.17) is 5.73 Å². The van der Waals surface area contributed by atoms with Gasteiger partial charge in [0.1, 0.15) is 16.9 Å². The second kappa shape index (κ2) is 5.75. The molecular formula is C10H10F5NOS. The van der Waals surface area contributed by atoms with Gasteiger partial charge in [-0.1, -0.05) is 0 Å². The van der Waals surface area contributed by atoms with E-state index in [1.807, 2.05) is 0 Å². The number of alkyl halides is 3. The highest BCUT2D eigenvalue weighted by molar-refractivity contribution is 7.85. The third-order valence-electron chi connectivity index (χ3n) is 2.16. The van der Waals surface area contributed by atoms with Crippen LogP contribution in [0.3, 0.4) is 0 Å². The molecule has 0 bridgehead atoms. The molecule has 0 spiro atoms. The van der Waals surface area contributed by atoms with E-state index in [1.165, 1.54) is 0 Å². The number of hydrogen-bond donors (Lipinski definition) is 1. The number of halogens is 5. The fourth-order valence-corrected chi connectivity index (χ4v) is 2.69. The molecule has 8 heteroatoms. The molecule has 2 nitrogen and oxygen atoms in total. The Kier molecular flexibility index (Phi) is 4.80. The molecule has 2 atom stereocenters. The molecule has 18 heavy (non-hydrogen) atoms. The Labute approximate surface area is 102 Å². The Bertz CT molecular complexity index is 448. The molecule has 0 aromatic heterocycles. The minimum absolute atomic E-state index is 0.335. The average Bonchev–Trinajstić information content (AvgIpc) is 2.23. The fourth-order valence-electron chi connectivity index (χ4n) is 1.34. The molecule has 0 saturated heterocycles. The minimum atomic E-state index is -4.76. The third kappa shape index (κ3) is 3.49. The zero-order chi connectivity index (χ0) is 13.9. The molecule has 0 radical (unpaired) electrons. The van der Waals surface area contributed by atoms with Crippen LogP contribution in [0.25, 0.3) is 0 Å². The van der Waals surface area contributed by atoms with Gasteiger partial charge in [-0.2, -0.15) is 13.2 Å². The van der Waals surface area contributed by atoms with Crippen molar-refractivity contribution in [1.29, 1.82) is 0 Å². The maximum Gasteiger partial charge on any atom is 0.403 e. The SMILES string of the molecule is NCCC(S(=O)c1ccc(F)cc1F)C(F)(F)F. The molecule has 0 aliphatic heterocycles. The molecule has 0 amide bonds. The van der Waals surface area contributed by atoms with Crippen LogP contribution in [0.1, 0.15) is 6.42 Å². The van der Waals surface area contributed by atoms with Gasteiger partial charge in [0.05, 0.1) is 15.7 Å². The zero-order valence-corrected chi connectivity index (χ0v) is 9.82. The highest BCUT2D eigenvalue weighted by Crippen LogP contribution is 2.30. The van der Waals surface area contributed by atoms with E-state index < -0.39 is 45.2 Å². The van der Waals surface area contributed by atoms with Gasteiger partial charge in [0.2, 0.25) is 0 Å². The summed E-state index contributed by atoms with van der Waals surface area (Å²) in [5.74, 6) is -2.21. The van der Waals surface area contributed by atoms with Crippen LogP contribution in [0.5, 0.6) is 0 Å². The first-order valence-electron chi connectivity index (χ1n) is 4.89. The predicted molar refractivity (Wildman–Crippen MR) is 56.3 cm³/mol. The van der Waals surface area contributed by atoms with Crippen LogP contribution in [0.4, 0.5) is 22.0 Å². The predicted octanol–water partition coefficient (Wildman–Crippen LogP) is 2.35. The van der Waals surface area contributed by atoms with Crippen molar-refractivity contribution in [1.82, 2.24) is 0 Å². The van der Waals surface area contributed by atoms with Crippen molar-refractivity contribution < 1.29 is 26.2 Å². The Morgan fingerprint density at radius 1 is 1.28 bits per heavy atom. The van der Waals surface area contributed by atoms with Gasteiger partial charge in [0.15, 0.2) is 0 Å². The summed E-state index contributed by atoms with van der Waals surface area (Å²) in [5, 5.41) is -2.26. The highest BCUT2D eigenvalue weighted by Gasteiger charge is 2.44. The Hall–Kier alpha value is -1.02. The quantitative estimate of drug-likeness (QED) is 0.864. The molecule has 1 aromatic rings. The topological polar surface area (TPSA) is 43.1 Å². The van der Waals surface area contributed by atoms with E-state index in [0.717, 1.165) is 12.1 Å². The molecule has 0 fully saturated rings. The lowest BCUT2D eigenvalue weighted by molar-refractivity contribution is -0.130. The maximum atomic E-state index is 13.3. The average molecular weight is 287 g/mol. The third-order valence-corrected chi connectivity index (χ3v) is 3.95. The molecule has 1 aromatic carbocycles. The second-order valence-electron chi connectivity index (χ2n) is 3.48. The molecular weight excluding hydrogens is 277 g/mol. The van der Waals surface area contributed by atoms with E-state index in [-0.39, 0.29) is 6.54 Å². The Morgan fingerprint density at radius 2 is 1.89 bits per heavy atom. The van der Waals surface area contributed by atoms with Gasteiger partial charge in [0, 0.05) is 6.07 Å². The van der Waals surface area contributed by atoms with Crippen LogP contribution >= 0.6 is 0 Å². The van der Waals surface area contributed by atoms with Gasteiger partial charge in [-0.3, -0.25) is 4.21 Å². The lowest BCUT2D eigenvalue weighted by Crippen LogP contribution is -2.35. The van der Waals surface area contributed by atoms with Crippen molar-refractivity contribution in [3.63, 3.8) is 0 Å². The van der Waals surface area contributed by atoms with Gasteiger partial charge in [-0.15, -0.1) is 0 Å². The van der Waals surface area contributed by atoms with Crippen molar-refractivity contribution in [3.8, 4) is 0 Å². The summed E-state index contributed by atoms with van der Waals surface area (Å²) < 4.78 is 75.4. The molecule has 0 heterocycles. The number of hydrogen-bond acceptors (Lipinski definition) is 2. The first kappa shape index (κ1) is 15.0. The van der Waals surface area contributed by atoms with Crippen LogP contribution in [0.2, 0.25) is 0 Å². The molecule has 102 valence electrons. The summed E-state index contributed by atoms with van der Waals surface area (Å²) in [6.07, 6.45) is -5.35. The highest BCUT2D eigenvalue weighted by atomic mass is 32.2. The lowest BCUT2D eigenvalue weighted by Gasteiger charge is -2.19. The second-order valence-corrected chi connectivity index (χ2v) is 5.08. The van der Waals surface area contributed by atoms with Crippen molar-refractivity contribution >= 4 is 10.8 Å². The van der Waals surface area contributed by atoms with E-state index in [9.17, 15) is 26.2 Å². The zero-order valence-electron chi connectivity index (χ0n) is 9.01. The number of nitrogens with two attached hydrogens (primary N) is 1. The van der Waals surface area contributed by atoms with Crippen molar-refractivity contribution in [2.45, 2.75) is 22.7 Å². The van der Waals surface area contributed by atoms with Crippen molar-refractivity contribution in [3.05, 3.63) is 29.8 Å². The van der Waals surface area contributed by atoms with Crippen LogP contribution in [-0.2, 0) is 10.8 Å². The standard InChI is InChI=1S/C10H10F5NOS/c11-6-1-2-8(7(12)5-6)18(17)9(3-4-16)10(13,14)15/h1-2,5,9H,3-4,16H2. The minimum Gasteiger partial charge on any atom is -0.330 e. The first-order chi connectivity index (χ1) is 8.27. The normalized spacial score (nSPS) is 15.4. The summed E-state index contributed by atoms with van der Waals surface area (Å²) >= 11 is 0. The largest absolute Gasteiger partial charge is 0.403 e. The summed E-state index contributed by atoms with van der Waals surface area (Å²) in [7, 11) is -2.66. The molecule has 0 aliphatic rings. The van der Waals surface area contributed by atoms with Crippen LogP contribution in [0.15, 0.2) is 23.1 Å². The summed E-state index contributed by atoms with van der Waals surface area (Å²) in [4.78, 5) is -0.674. The van der Waals surface area contributed by atoms with Crippen molar-refractivity contribution in [2.75, 3.05) is 6.54 Å². The molecule has 1 rings (SSSR count). The number of benzene rings is 1. The van der Waals surface area contributed by atoms with E-state index >= 15 is 0 Å². The molecule has 2 unspecified atom stereocenters. The summed E-state index contributed by atoms with van der Waals surface area (Å²) in [6, 6.07) is 1.89. The van der Waals surface area contributed by atoms with E-state index in [2.05, 4.69) is 0 Å². The van der Waals surface area contributed by atoms with Gasteiger partial charge in [-0.25, -0.2) is 8.78 Å². The smallest absolute Gasteiger partial charge is 0.330 e. The van der Waals surface area contributed by atoms with Gasteiger partial charge >= 0.3 is 6.18 Å². The molecule has 0 aliphatic carbocycles. The summed E-state index contributed by atoms with van der Waals surface area (Å²) in [6.45, 7) is -0.335. The summed E-state index contributed by atoms with van der Waals surface area (Å²) in [5.41, 5.74) is 5.02. The van der Waals surface area contributed by atoms with Gasteiger partial charge in [-0.05, 0) is 25.1 Å². The molecule has 2 N–H and O–H groups in total.